The molecule has 0 saturated carbocycles. The molecule has 2 nitrogen and oxygen atoms in total. The van der Waals surface area contributed by atoms with Crippen LogP contribution >= 0.6 is 0 Å². The van der Waals surface area contributed by atoms with Crippen molar-refractivity contribution >= 4 is 49.6 Å². The molecule has 2 aliphatic carbocycles. The molecule has 0 amide bonds. The lowest BCUT2D eigenvalue weighted by Gasteiger charge is -2.31. The fourth-order valence-corrected chi connectivity index (χ4v) is 10.9. The van der Waals surface area contributed by atoms with Gasteiger partial charge in [-0.15, -0.1) is 0 Å². The summed E-state index contributed by atoms with van der Waals surface area (Å²) in [6, 6.07) is 72.4. The fraction of sp³-hybridized carbons (Fsp3) is 0.119. The third-order valence-corrected chi connectivity index (χ3v) is 13.8. The Kier molecular flexibility index (Phi) is 8.12. The molecule has 12 rings (SSSR count). The molecule has 10 aromatic rings. The van der Waals surface area contributed by atoms with Crippen LogP contribution in [0.3, 0.4) is 0 Å². The SMILES string of the molecule is C.CC1(C)c2ccccc2-c2cc(N(c3cccc4c3-c3ccccc3C4(C)C)c3ccc(-c4ccc5c6ccccc6n(-c6ccccc6)c5c4)c4ccccc34)ccc21. The Balaban J connectivity index is 0.00000420. The second-order valence-electron chi connectivity index (χ2n) is 17.7. The molecule has 0 saturated heterocycles. The topological polar surface area (TPSA) is 8.17 Å². The number of hydrogen-bond acceptors (Lipinski definition) is 1. The van der Waals surface area contributed by atoms with E-state index in [1.807, 2.05) is 0 Å². The maximum atomic E-state index is 2.55. The van der Waals surface area contributed by atoms with Crippen LogP contribution in [-0.2, 0) is 10.8 Å². The number of nitrogens with zero attached hydrogens (tertiary/aromatic N) is 2. The average Bonchev–Trinajstić information content (AvgIpc) is 3.83. The Morgan fingerprint density at radius 2 is 0.984 bits per heavy atom. The van der Waals surface area contributed by atoms with E-state index in [-0.39, 0.29) is 18.3 Å². The van der Waals surface area contributed by atoms with Gasteiger partial charge >= 0.3 is 0 Å². The van der Waals surface area contributed by atoms with E-state index < -0.39 is 0 Å². The summed E-state index contributed by atoms with van der Waals surface area (Å²) in [4.78, 5) is 2.55. The first kappa shape index (κ1) is 36.9. The molecule has 0 fully saturated rings. The van der Waals surface area contributed by atoms with Crippen molar-refractivity contribution in [1.29, 1.82) is 0 Å². The van der Waals surface area contributed by atoms with E-state index in [9.17, 15) is 0 Å². The zero-order valence-electron chi connectivity index (χ0n) is 34.4. The minimum absolute atomic E-state index is 0. The largest absolute Gasteiger partial charge is 0.309 e. The molecular weight excluding hydrogens is 737 g/mol. The minimum Gasteiger partial charge on any atom is -0.309 e. The highest BCUT2D eigenvalue weighted by atomic mass is 15.1. The Labute approximate surface area is 359 Å². The normalized spacial score (nSPS) is 14.0. The fourth-order valence-electron chi connectivity index (χ4n) is 10.9. The summed E-state index contributed by atoms with van der Waals surface area (Å²) in [7, 11) is 0. The smallest absolute Gasteiger partial charge is 0.0547 e. The predicted octanol–water partition coefficient (Wildman–Crippen LogP) is 16.3. The van der Waals surface area contributed by atoms with Crippen molar-refractivity contribution in [3.05, 3.63) is 216 Å². The van der Waals surface area contributed by atoms with Gasteiger partial charge in [0, 0.05) is 43.9 Å². The molecule has 294 valence electrons. The van der Waals surface area contributed by atoms with Crippen molar-refractivity contribution in [1.82, 2.24) is 4.57 Å². The zero-order valence-corrected chi connectivity index (χ0v) is 34.4. The van der Waals surface area contributed by atoms with Crippen LogP contribution in [0.2, 0.25) is 0 Å². The Morgan fingerprint density at radius 1 is 0.377 bits per heavy atom. The van der Waals surface area contributed by atoms with E-state index in [1.54, 1.807) is 0 Å². The van der Waals surface area contributed by atoms with Gasteiger partial charge in [-0.05, 0) is 104 Å². The van der Waals surface area contributed by atoms with E-state index in [4.69, 9.17) is 0 Å². The summed E-state index contributed by atoms with van der Waals surface area (Å²) in [5, 5.41) is 4.96. The summed E-state index contributed by atoms with van der Waals surface area (Å²) in [5.74, 6) is 0. The van der Waals surface area contributed by atoms with Gasteiger partial charge in [-0.25, -0.2) is 0 Å². The standard InChI is InChI=1S/C58H44N2.CH4/c1-57(2)48-24-13-10-20-42(48)47-36-39(30-33-50(47)57)60(54-28-16-26-51-56(54)46-23-11-14-25-49(46)58(51,3)4)53-34-32-40(41-19-8-9-21-43(41)53)37-29-31-45-44-22-12-15-27-52(44)59(55(45)35-37)38-17-6-5-7-18-38;/h5-36H,1-4H3;1H4. The van der Waals surface area contributed by atoms with Crippen LogP contribution in [-0.4, -0.2) is 4.57 Å². The molecule has 1 aromatic heterocycles. The molecule has 0 spiro atoms. The summed E-state index contributed by atoms with van der Waals surface area (Å²) < 4.78 is 2.41. The summed E-state index contributed by atoms with van der Waals surface area (Å²) in [6.07, 6.45) is 0. The van der Waals surface area contributed by atoms with E-state index in [0.29, 0.717) is 0 Å². The Hall–Kier alpha value is -7.16. The van der Waals surface area contributed by atoms with Gasteiger partial charge in [0.15, 0.2) is 0 Å². The van der Waals surface area contributed by atoms with E-state index in [1.165, 1.54) is 93.9 Å². The first-order valence-electron chi connectivity index (χ1n) is 21.2. The van der Waals surface area contributed by atoms with Gasteiger partial charge in [0.2, 0.25) is 0 Å². The lowest BCUT2D eigenvalue weighted by Crippen LogP contribution is -2.17. The Morgan fingerprint density at radius 3 is 1.79 bits per heavy atom. The van der Waals surface area contributed by atoms with Crippen LogP contribution in [0.25, 0.3) is 71.6 Å². The van der Waals surface area contributed by atoms with Crippen LogP contribution in [0.15, 0.2) is 194 Å². The maximum absolute atomic E-state index is 2.55. The zero-order chi connectivity index (χ0) is 40.3. The molecule has 0 atom stereocenters. The van der Waals surface area contributed by atoms with Gasteiger partial charge in [-0.3, -0.25) is 0 Å². The Bertz CT molecular complexity index is 3380. The van der Waals surface area contributed by atoms with Crippen molar-refractivity contribution in [2.45, 2.75) is 46.0 Å². The number of fused-ring (bicyclic) bond motifs is 10. The van der Waals surface area contributed by atoms with Crippen LogP contribution in [0.4, 0.5) is 17.1 Å². The lowest BCUT2D eigenvalue weighted by atomic mass is 9.82. The highest BCUT2D eigenvalue weighted by Gasteiger charge is 2.39. The molecule has 2 heteroatoms. The number of aromatic nitrogens is 1. The quantitative estimate of drug-likeness (QED) is 0.169. The number of hydrogen-bond donors (Lipinski definition) is 0. The van der Waals surface area contributed by atoms with Gasteiger partial charge in [0.1, 0.15) is 0 Å². The second kappa shape index (κ2) is 13.4. The molecule has 0 radical (unpaired) electrons. The van der Waals surface area contributed by atoms with Gasteiger partial charge in [0.05, 0.1) is 22.4 Å². The molecule has 61 heavy (non-hydrogen) atoms. The highest BCUT2D eigenvalue weighted by molar-refractivity contribution is 6.12. The number of para-hydroxylation sites is 2. The monoisotopic (exact) mass is 784 g/mol. The molecule has 0 unspecified atom stereocenters. The minimum atomic E-state index is -0.124. The van der Waals surface area contributed by atoms with Crippen molar-refractivity contribution in [3.63, 3.8) is 0 Å². The van der Waals surface area contributed by atoms with Gasteiger partial charge in [-0.2, -0.15) is 0 Å². The van der Waals surface area contributed by atoms with E-state index >= 15 is 0 Å². The van der Waals surface area contributed by atoms with Crippen LogP contribution in [0.1, 0.15) is 57.4 Å². The second-order valence-corrected chi connectivity index (χ2v) is 17.7. The molecular formula is C59H48N2. The molecule has 0 N–H and O–H groups in total. The van der Waals surface area contributed by atoms with Crippen molar-refractivity contribution < 1.29 is 0 Å². The highest BCUT2D eigenvalue weighted by Crippen LogP contribution is 2.56. The van der Waals surface area contributed by atoms with Crippen molar-refractivity contribution in [2.24, 2.45) is 0 Å². The van der Waals surface area contributed by atoms with Crippen LogP contribution in [0.5, 0.6) is 0 Å². The molecule has 1 heterocycles. The number of rotatable bonds is 5. The van der Waals surface area contributed by atoms with Crippen molar-refractivity contribution in [3.8, 4) is 39.1 Å². The number of anilines is 3. The van der Waals surface area contributed by atoms with Gasteiger partial charge in [0.25, 0.3) is 0 Å². The van der Waals surface area contributed by atoms with Crippen LogP contribution < -0.4 is 4.90 Å². The third-order valence-electron chi connectivity index (χ3n) is 13.8. The summed E-state index contributed by atoms with van der Waals surface area (Å²) in [5.41, 5.74) is 20.1. The molecule has 0 aliphatic heterocycles. The molecule has 2 aliphatic rings. The first-order chi connectivity index (χ1) is 29.3. The van der Waals surface area contributed by atoms with Crippen LogP contribution in [0, 0.1) is 0 Å². The molecule has 0 bridgehead atoms. The van der Waals surface area contributed by atoms with Gasteiger partial charge < -0.3 is 9.47 Å². The average molecular weight is 785 g/mol. The van der Waals surface area contributed by atoms with E-state index in [2.05, 4.69) is 231 Å². The maximum Gasteiger partial charge on any atom is 0.0547 e. The number of benzene rings is 9. The molecule has 9 aromatic carbocycles. The van der Waals surface area contributed by atoms with E-state index in [0.717, 1.165) is 17.1 Å². The first-order valence-corrected chi connectivity index (χ1v) is 21.2. The van der Waals surface area contributed by atoms with Crippen molar-refractivity contribution in [2.75, 3.05) is 4.90 Å². The predicted molar refractivity (Wildman–Crippen MR) is 260 cm³/mol. The third kappa shape index (κ3) is 5.21. The lowest BCUT2D eigenvalue weighted by molar-refractivity contribution is 0.660. The summed E-state index contributed by atoms with van der Waals surface area (Å²) >= 11 is 0. The summed E-state index contributed by atoms with van der Waals surface area (Å²) in [6.45, 7) is 9.47. The van der Waals surface area contributed by atoms with Gasteiger partial charge in [-0.1, -0.05) is 181 Å².